The van der Waals surface area contributed by atoms with Crippen LogP contribution in [0.1, 0.15) is 0 Å². The summed E-state index contributed by atoms with van der Waals surface area (Å²) in [6, 6.07) is 8.91. The minimum Gasteiger partial charge on any atom is -0.441 e. The highest BCUT2D eigenvalue weighted by atomic mass is 31.2. The maximum atomic E-state index is 12.7. The van der Waals surface area contributed by atoms with Crippen LogP contribution in [0.15, 0.2) is 41.5 Å². The van der Waals surface area contributed by atoms with Crippen molar-refractivity contribution in [2.45, 2.75) is 12.6 Å². The number of benzene rings is 1. The van der Waals surface area contributed by atoms with Crippen LogP contribution in [0.2, 0.25) is 0 Å². The Morgan fingerprint density at radius 2 is 2.07 bits per heavy atom. The van der Waals surface area contributed by atoms with Gasteiger partial charge in [0.1, 0.15) is 12.1 Å². The molecule has 0 saturated carbocycles. The van der Waals surface area contributed by atoms with E-state index >= 15 is 0 Å². The first kappa shape index (κ1) is 20.1. The van der Waals surface area contributed by atoms with Crippen LogP contribution in [-0.4, -0.2) is 52.4 Å². The number of nitrogens with one attached hydrogen (secondary N) is 1. The van der Waals surface area contributed by atoms with Crippen molar-refractivity contribution in [1.29, 1.82) is 0 Å². The largest absolute Gasteiger partial charge is 0.441 e. The Morgan fingerprint density at radius 1 is 1.32 bits per heavy atom. The molecule has 0 bridgehead atoms. The molecular formula is C17H22N5O5P. The third-order valence-corrected chi connectivity index (χ3v) is 5.05. The average Bonchev–Trinajstić information content (AvgIpc) is 3.03. The van der Waals surface area contributed by atoms with Crippen molar-refractivity contribution in [3.8, 4) is 5.75 Å². The molecule has 11 heteroatoms. The summed E-state index contributed by atoms with van der Waals surface area (Å²) in [7, 11) is -1.50. The van der Waals surface area contributed by atoms with Gasteiger partial charge < -0.3 is 24.3 Å². The van der Waals surface area contributed by atoms with E-state index in [1.807, 2.05) is 6.07 Å². The molecule has 0 saturated heterocycles. The van der Waals surface area contributed by atoms with E-state index in [4.69, 9.17) is 19.7 Å². The van der Waals surface area contributed by atoms with E-state index in [-0.39, 0.29) is 31.0 Å². The maximum absolute atomic E-state index is 12.7. The Kier molecular flexibility index (Phi) is 6.13. The fourth-order valence-electron chi connectivity index (χ4n) is 2.63. The highest BCUT2D eigenvalue weighted by Gasteiger charge is 2.22. The number of ether oxygens (including phenoxy) is 2. The van der Waals surface area contributed by atoms with Crippen LogP contribution in [0.3, 0.4) is 0 Å². The van der Waals surface area contributed by atoms with Crippen LogP contribution in [0.5, 0.6) is 5.75 Å². The number of anilines is 1. The van der Waals surface area contributed by atoms with Gasteiger partial charge in [-0.3, -0.25) is 14.3 Å². The fraction of sp³-hybridized carbons (Fsp3) is 0.353. The van der Waals surface area contributed by atoms with Crippen LogP contribution in [0.25, 0.3) is 11.2 Å². The summed E-state index contributed by atoms with van der Waals surface area (Å²) >= 11 is 0. The van der Waals surface area contributed by atoms with E-state index in [1.165, 1.54) is 20.1 Å². The zero-order chi connectivity index (χ0) is 20.1. The second-order valence-corrected chi connectivity index (χ2v) is 8.78. The second kappa shape index (κ2) is 8.55. The molecule has 1 unspecified atom stereocenters. The van der Waals surface area contributed by atoms with E-state index in [1.54, 1.807) is 28.8 Å². The molecule has 0 spiro atoms. The molecule has 0 radical (unpaired) electrons. The number of nitrogens with zero attached hydrogens (tertiary/aromatic N) is 3. The molecule has 3 aromatic rings. The third-order valence-electron chi connectivity index (χ3n) is 3.83. The molecule has 150 valence electrons. The SMILES string of the molecule is COC[C@@H](Cn1cnc2c(=O)[nH]c(N)nc21)OCP(C)(=O)Oc1ccccc1. The summed E-state index contributed by atoms with van der Waals surface area (Å²) in [5.74, 6) is 0.512. The van der Waals surface area contributed by atoms with Crippen LogP contribution in [0, 0.1) is 0 Å². The molecule has 0 fully saturated rings. The zero-order valence-electron chi connectivity index (χ0n) is 15.6. The Hall–Kier alpha value is -2.68. The number of H-pyrrole nitrogens is 1. The quantitative estimate of drug-likeness (QED) is 0.512. The Balaban J connectivity index is 1.70. The predicted molar refractivity (Wildman–Crippen MR) is 105 cm³/mol. The Labute approximate surface area is 161 Å². The summed E-state index contributed by atoms with van der Waals surface area (Å²) in [4.78, 5) is 22.5. The van der Waals surface area contributed by atoms with Gasteiger partial charge in [-0.25, -0.2) is 4.98 Å². The Bertz CT molecular complexity index is 1040. The number of nitrogen functional groups attached to an aromatic ring is 1. The molecule has 3 rings (SSSR count). The van der Waals surface area contributed by atoms with Gasteiger partial charge in [-0.05, 0) is 12.1 Å². The van der Waals surface area contributed by atoms with Crippen LogP contribution in [0.4, 0.5) is 5.95 Å². The number of rotatable bonds is 9. The number of imidazole rings is 1. The molecule has 2 atom stereocenters. The fourth-order valence-corrected chi connectivity index (χ4v) is 3.74. The number of aromatic amines is 1. The van der Waals surface area contributed by atoms with Crippen molar-refractivity contribution in [1.82, 2.24) is 19.5 Å². The van der Waals surface area contributed by atoms with Gasteiger partial charge in [0.05, 0.1) is 25.6 Å². The molecule has 2 aromatic heterocycles. The van der Waals surface area contributed by atoms with Crippen LogP contribution >= 0.6 is 7.37 Å². The van der Waals surface area contributed by atoms with E-state index in [0.29, 0.717) is 11.4 Å². The number of methoxy groups -OCH3 is 1. The molecule has 0 amide bonds. The van der Waals surface area contributed by atoms with E-state index in [2.05, 4.69) is 15.0 Å². The lowest BCUT2D eigenvalue weighted by molar-refractivity contribution is 0.00741. The van der Waals surface area contributed by atoms with Gasteiger partial charge in [0.2, 0.25) is 5.95 Å². The number of hydrogen-bond acceptors (Lipinski definition) is 8. The van der Waals surface area contributed by atoms with E-state index in [9.17, 15) is 9.36 Å². The number of para-hydroxylation sites is 1. The van der Waals surface area contributed by atoms with Gasteiger partial charge in [0, 0.05) is 13.8 Å². The normalized spacial score (nSPS) is 14.6. The van der Waals surface area contributed by atoms with Crippen molar-refractivity contribution < 1.29 is 18.6 Å². The van der Waals surface area contributed by atoms with Gasteiger partial charge in [-0.2, -0.15) is 4.98 Å². The molecular weight excluding hydrogens is 385 g/mol. The summed E-state index contributed by atoms with van der Waals surface area (Å²) in [6.45, 7) is 2.04. The van der Waals surface area contributed by atoms with Gasteiger partial charge in [-0.15, -0.1) is 0 Å². The first-order chi connectivity index (χ1) is 13.4. The van der Waals surface area contributed by atoms with Crippen LogP contribution in [-0.2, 0) is 20.6 Å². The maximum Gasteiger partial charge on any atom is 0.280 e. The smallest absolute Gasteiger partial charge is 0.280 e. The molecule has 1 aromatic carbocycles. The minimum absolute atomic E-state index is 0.00206. The van der Waals surface area contributed by atoms with Gasteiger partial charge >= 0.3 is 0 Å². The molecule has 28 heavy (non-hydrogen) atoms. The molecule has 10 nitrogen and oxygen atoms in total. The number of nitrogens with two attached hydrogens (primary N) is 1. The van der Waals surface area contributed by atoms with Gasteiger partial charge in [0.15, 0.2) is 11.2 Å². The van der Waals surface area contributed by atoms with Crippen molar-refractivity contribution in [2.75, 3.05) is 32.5 Å². The van der Waals surface area contributed by atoms with Crippen LogP contribution < -0.4 is 15.8 Å². The highest BCUT2D eigenvalue weighted by molar-refractivity contribution is 7.58. The highest BCUT2D eigenvalue weighted by Crippen LogP contribution is 2.43. The first-order valence-electron chi connectivity index (χ1n) is 8.50. The van der Waals surface area contributed by atoms with E-state index in [0.717, 1.165) is 0 Å². The molecule has 0 aliphatic carbocycles. The van der Waals surface area contributed by atoms with Gasteiger partial charge in [-0.1, -0.05) is 18.2 Å². The number of fused-ring (bicyclic) bond motifs is 1. The zero-order valence-corrected chi connectivity index (χ0v) is 16.5. The standard InChI is InChI=1S/C17H22N5O5P/c1-25-9-13(26-11-28(2,24)27-12-6-4-3-5-7-12)8-22-10-19-14-15(22)20-17(18)21-16(14)23/h3-7,10,13H,8-9,11H2,1-2H3,(H3,18,20,21,23)/t13-,28?/m1/s1. The van der Waals surface area contributed by atoms with Crippen molar-refractivity contribution in [3.05, 3.63) is 47.0 Å². The topological polar surface area (TPSA) is 134 Å². The molecule has 2 heterocycles. The number of aromatic nitrogens is 4. The molecule has 0 aliphatic heterocycles. The Morgan fingerprint density at radius 3 is 2.79 bits per heavy atom. The average molecular weight is 407 g/mol. The lowest BCUT2D eigenvalue weighted by Crippen LogP contribution is -2.26. The second-order valence-electron chi connectivity index (χ2n) is 6.31. The van der Waals surface area contributed by atoms with Crippen molar-refractivity contribution >= 4 is 24.5 Å². The lowest BCUT2D eigenvalue weighted by atomic mass is 10.3. The summed E-state index contributed by atoms with van der Waals surface area (Å²) in [5.41, 5.74) is 5.72. The number of hydrogen-bond donors (Lipinski definition) is 2. The van der Waals surface area contributed by atoms with Gasteiger partial charge in [0.25, 0.3) is 12.9 Å². The third kappa shape index (κ3) is 4.98. The molecule has 3 N–H and O–H groups in total. The summed E-state index contributed by atoms with van der Waals surface area (Å²) in [6.07, 6.45) is 0.917. The predicted octanol–water partition coefficient (Wildman–Crippen LogP) is 1.68. The monoisotopic (exact) mass is 407 g/mol. The first-order valence-corrected chi connectivity index (χ1v) is 10.8. The summed E-state index contributed by atoms with van der Waals surface area (Å²) < 4.78 is 30.9. The molecule has 0 aliphatic rings. The lowest BCUT2D eigenvalue weighted by Gasteiger charge is -2.21. The minimum atomic E-state index is -3.04. The summed E-state index contributed by atoms with van der Waals surface area (Å²) in [5, 5.41) is 0. The van der Waals surface area contributed by atoms with Crippen molar-refractivity contribution in [3.63, 3.8) is 0 Å². The van der Waals surface area contributed by atoms with E-state index < -0.39 is 19.0 Å². The van der Waals surface area contributed by atoms with Crippen molar-refractivity contribution in [2.24, 2.45) is 0 Å².